The second kappa shape index (κ2) is 5.92. The van der Waals surface area contributed by atoms with Crippen molar-refractivity contribution in [2.24, 2.45) is 0 Å². The van der Waals surface area contributed by atoms with Crippen LogP contribution in [0.1, 0.15) is 39.3 Å². The van der Waals surface area contributed by atoms with E-state index in [1.165, 1.54) is 0 Å². The van der Waals surface area contributed by atoms with E-state index in [2.05, 4.69) is 15.5 Å². The zero-order valence-corrected chi connectivity index (χ0v) is 12.0. The summed E-state index contributed by atoms with van der Waals surface area (Å²) in [7, 11) is 0. The number of tetrazole rings is 1. The third kappa shape index (κ3) is 3.17. The number of esters is 1. The van der Waals surface area contributed by atoms with Gasteiger partial charge in [0.05, 0.1) is 5.56 Å². The van der Waals surface area contributed by atoms with Crippen molar-refractivity contribution >= 4 is 17.3 Å². The van der Waals surface area contributed by atoms with Crippen LogP contribution in [0.5, 0.6) is 0 Å². The first kappa shape index (κ1) is 13.7. The number of nitrogens with zero attached hydrogens (tertiary/aromatic N) is 4. The predicted octanol–water partition coefficient (Wildman–Crippen LogP) is 2.12. The van der Waals surface area contributed by atoms with Crippen LogP contribution in [0.2, 0.25) is 0 Å². The van der Waals surface area contributed by atoms with Gasteiger partial charge < -0.3 is 4.74 Å². The van der Waals surface area contributed by atoms with Crippen LogP contribution in [0.25, 0.3) is 0 Å². The summed E-state index contributed by atoms with van der Waals surface area (Å²) in [5, 5.41) is 11.3. The molecular weight excluding hydrogens is 264 g/mol. The minimum Gasteiger partial charge on any atom is -0.454 e. The lowest BCUT2D eigenvalue weighted by molar-refractivity contribution is 0.0456. The number of carbonyl (C=O) groups excluding carboxylic acids is 1. The summed E-state index contributed by atoms with van der Waals surface area (Å²) >= 11 is 1.59. The molecule has 102 valence electrons. The predicted molar refractivity (Wildman–Crippen MR) is 71.0 cm³/mol. The number of rotatable bonds is 5. The SMILES string of the molecule is CCCn1nnnc1COC(=O)c1cc(C)sc1C. The highest BCUT2D eigenvalue weighted by molar-refractivity contribution is 7.12. The molecular formula is C12H16N4O2S. The number of hydrogen-bond acceptors (Lipinski definition) is 6. The first-order valence-electron chi connectivity index (χ1n) is 6.11. The zero-order chi connectivity index (χ0) is 13.8. The molecule has 0 aliphatic heterocycles. The molecule has 0 atom stereocenters. The third-order valence-electron chi connectivity index (χ3n) is 2.63. The maximum Gasteiger partial charge on any atom is 0.339 e. The minimum atomic E-state index is -0.326. The van der Waals surface area contributed by atoms with Gasteiger partial charge in [-0.25, -0.2) is 9.48 Å². The molecule has 0 radical (unpaired) electrons. The zero-order valence-electron chi connectivity index (χ0n) is 11.2. The number of hydrogen-bond donors (Lipinski definition) is 0. The summed E-state index contributed by atoms with van der Waals surface area (Å²) in [6, 6.07) is 1.84. The summed E-state index contributed by atoms with van der Waals surface area (Å²) in [6.45, 7) is 6.73. The molecule has 2 rings (SSSR count). The molecule has 0 amide bonds. The van der Waals surface area contributed by atoms with Gasteiger partial charge in [-0.05, 0) is 36.8 Å². The van der Waals surface area contributed by atoms with Crippen LogP contribution in [0, 0.1) is 13.8 Å². The molecule has 0 aliphatic carbocycles. The first-order chi connectivity index (χ1) is 9.11. The number of thiophene rings is 1. The van der Waals surface area contributed by atoms with Gasteiger partial charge in [-0.2, -0.15) is 0 Å². The molecule has 19 heavy (non-hydrogen) atoms. The molecule has 0 bridgehead atoms. The van der Waals surface area contributed by atoms with Gasteiger partial charge >= 0.3 is 5.97 Å². The minimum absolute atomic E-state index is 0.0974. The molecule has 0 saturated carbocycles. The molecule has 2 heterocycles. The van der Waals surface area contributed by atoms with Crippen molar-refractivity contribution in [3.05, 3.63) is 27.2 Å². The molecule has 7 heteroatoms. The molecule has 2 aromatic rings. The summed E-state index contributed by atoms with van der Waals surface area (Å²) in [4.78, 5) is 14.0. The summed E-state index contributed by atoms with van der Waals surface area (Å²) < 4.78 is 6.91. The highest BCUT2D eigenvalue weighted by atomic mass is 32.1. The highest BCUT2D eigenvalue weighted by Gasteiger charge is 2.15. The molecule has 0 fully saturated rings. The molecule has 0 unspecified atom stereocenters. The largest absolute Gasteiger partial charge is 0.454 e. The average molecular weight is 280 g/mol. The second-order valence-electron chi connectivity index (χ2n) is 4.22. The summed E-state index contributed by atoms with van der Waals surface area (Å²) in [5.41, 5.74) is 0.622. The maximum atomic E-state index is 11.9. The topological polar surface area (TPSA) is 69.9 Å². The van der Waals surface area contributed by atoms with Crippen molar-refractivity contribution in [3.63, 3.8) is 0 Å². The number of aromatic nitrogens is 4. The third-order valence-corrected chi connectivity index (χ3v) is 3.60. The lowest BCUT2D eigenvalue weighted by atomic mass is 10.2. The van der Waals surface area contributed by atoms with Gasteiger partial charge in [0.15, 0.2) is 12.4 Å². The first-order valence-corrected chi connectivity index (χ1v) is 6.92. The Morgan fingerprint density at radius 1 is 1.47 bits per heavy atom. The Bertz CT molecular complexity index is 576. The van der Waals surface area contributed by atoms with Gasteiger partial charge in [-0.1, -0.05) is 6.92 Å². The Morgan fingerprint density at radius 3 is 2.89 bits per heavy atom. The van der Waals surface area contributed by atoms with Crippen molar-refractivity contribution < 1.29 is 9.53 Å². The lowest BCUT2D eigenvalue weighted by Gasteiger charge is -2.04. The van der Waals surface area contributed by atoms with Crippen molar-refractivity contribution in [2.75, 3.05) is 0 Å². The standard InChI is InChI=1S/C12H16N4O2S/c1-4-5-16-11(13-14-15-16)7-18-12(17)10-6-8(2)19-9(10)3/h6H,4-5,7H2,1-3H3. The molecule has 0 saturated heterocycles. The van der Waals surface area contributed by atoms with E-state index in [4.69, 9.17) is 4.74 Å². The Morgan fingerprint density at radius 2 is 2.26 bits per heavy atom. The highest BCUT2D eigenvalue weighted by Crippen LogP contribution is 2.21. The van der Waals surface area contributed by atoms with Crippen LogP contribution in [0.15, 0.2) is 6.07 Å². The van der Waals surface area contributed by atoms with Crippen LogP contribution in [-0.2, 0) is 17.9 Å². The molecule has 2 aromatic heterocycles. The fourth-order valence-corrected chi connectivity index (χ4v) is 2.67. The van der Waals surface area contributed by atoms with Crippen molar-refractivity contribution in [1.29, 1.82) is 0 Å². The monoisotopic (exact) mass is 280 g/mol. The van der Waals surface area contributed by atoms with Gasteiger partial charge in [0, 0.05) is 16.3 Å². The average Bonchev–Trinajstić information content (AvgIpc) is 2.93. The maximum absolute atomic E-state index is 11.9. The number of carbonyl (C=O) groups is 1. The quantitative estimate of drug-likeness (QED) is 0.785. The normalized spacial score (nSPS) is 10.7. The Hall–Kier alpha value is -1.76. The van der Waals surface area contributed by atoms with E-state index in [-0.39, 0.29) is 12.6 Å². The van der Waals surface area contributed by atoms with Gasteiger partial charge in [0.2, 0.25) is 0 Å². The van der Waals surface area contributed by atoms with Crippen molar-refractivity contribution in [3.8, 4) is 0 Å². The van der Waals surface area contributed by atoms with Crippen LogP contribution in [0.3, 0.4) is 0 Å². The van der Waals surface area contributed by atoms with Crippen molar-refractivity contribution in [2.45, 2.75) is 40.3 Å². The molecule has 0 aromatic carbocycles. The van der Waals surface area contributed by atoms with Gasteiger partial charge in [-0.15, -0.1) is 16.4 Å². The summed E-state index contributed by atoms with van der Waals surface area (Å²) in [6.07, 6.45) is 0.925. The fourth-order valence-electron chi connectivity index (χ4n) is 1.75. The van der Waals surface area contributed by atoms with Crippen LogP contribution in [0.4, 0.5) is 0 Å². The second-order valence-corrected chi connectivity index (χ2v) is 5.68. The Kier molecular flexibility index (Phi) is 4.26. The summed E-state index contributed by atoms with van der Waals surface area (Å²) in [5.74, 6) is 0.243. The number of aryl methyl sites for hydroxylation is 3. The van der Waals surface area contributed by atoms with E-state index in [1.54, 1.807) is 16.0 Å². The number of ether oxygens (including phenoxy) is 1. The fraction of sp³-hybridized carbons (Fsp3) is 0.500. The van der Waals surface area contributed by atoms with E-state index in [1.807, 2.05) is 26.8 Å². The molecule has 0 spiro atoms. The van der Waals surface area contributed by atoms with E-state index < -0.39 is 0 Å². The molecule has 0 N–H and O–H groups in total. The lowest BCUT2D eigenvalue weighted by Crippen LogP contribution is -2.11. The van der Waals surface area contributed by atoms with Crippen LogP contribution in [-0.4, -0.2) is 26.2 Å². The van der Waals surface area contributed by atoms with Crippen LogP contribution >= 0.6 is 11.3 Å². The van der Waals surface area contributed by atoms with Gasteiger partial charge in [-0.3, -0.25) is 0 Å². The van der Waals surface area contributed by atoms with Crippen molar-refractivity contribution in [1.82, 2.24) is 20.2 Å². The molecule has 0 aliphatic rings. The van der Waals surface area contributed by atoms with E-state index in [9.17, 15) is 4.79 Å². The Balaban J connectivity index is 2.00. The smallest absolute Gasteiger partial charge is 0.339 e. The van der Waals surface area contributed by atoms with E-state index in [0.29, 0.717) is 11.4 Å². The van der Waals surface area contributed by atoms with Gasteiger partial charge in [0.1, 0.15) is 0 Å². The van der Waals surface area contributed by atoms with Crippen LogP contribution < -0.4 is 0 Å². The molecule has 6 nitrogen and oxygen atoms in total. The van der Waals surface area contributed by atoms with Gasteiger partial charge in [0.25, 0.3) is 0 Å². The Labute approximate surface area is 115 Å². The van der Waals surface area contributed by atoms with E-state index in [0.717, 1.165) is 22.7 Å². The van der Waals surface area contributed by atoms with E-state index >= 15 is 0 Å².